The molecule has 7 heteroatoms. The van der Waals surface area contributed by atoms with Crippen molar-refractivity contribution in [3.05, 3.63) is 20.2 Å². The van der Waals surface area contributed by atoms with Crippen LogP contribution >= 0.6 is 38.5 Å². The van der Waals surface area contributed by atoms with Gasteiger partial charge in [0.1, 0.15) is 5.75 Å². The fraction of sp³-hybridized carbons (Fsp3) is 0.143. The van der Waals surface area contributed by atoms with Crippen LogP contribution in [0.3, 0.4) is 0 Å². The molecule has 0 saturated carbocycles. The molecule has 0 unspecified atom stereocenters. The average Bonchev–Trinajstić information content (AvgIpc) is 1.96. The van der Waals surface area contributed by atoms with Gasteiger partial charge < -0.3 is 10.5 Å². The molecule has 0 heterocycles. The van der Waals surface area contributed by atoms with E-state index in [0.29, 0.717) is 4.47 Å². The highest BCUT2D eigenvalue weighted by Crippen LogP contribution is 2.34. The smallest absolute Gasteiger partial charge is 0.405 e. The van der Waals surface area contributed by atoms with Gasteiger partial charge in [-0.05, 0) is 34.7 Å². The van der Waals surface area contributed by atoms with E-state index in [1.165, 1.54) is 12.1 Å². The Balaban J connectivity index is 3.09. The summed E-state index contributed by atoms with van der Waals surface area (Å²) >= 11 is 4.71. The average molecular weight is 382 g/mol. The fourth-order valence-corrected chi connectivity index (χ4v) is 1.66. The predicted molar refractivity (Wildman–Crippen MR) is 58.0 cm³/mol. The number of ether oxygens (including phenoxy) is 1. The van der Waals surface area contributed by atoms with Gasteiger partial charge in [0.2, 0.25) is 0 Å². The third-order valence-electron chi connectivity index (χ3n) is 1.26. The number of nitrogen functional groups attached to an aromatic ring is 1. The number of anilines is 1. The molecule has 0 aliphatic carbocycles. The van der Waals surface area contributed by atoms with Gasteiger partial charge in [-0.2, -0.15) is 0 Å². The molecule has 2 N–H and O–H groups in total. The third kappa shape index (κ3) is 3.19. The van der Waals surface area contributed by atoms with Crippen molar-refractivity contribution in [1.29, 1.82) is 0 Å². The van der Waals surface area contributed by atoms with Gasteiger partial charge in [0.25, 0.3) is 0 Å². The highest BCUT2D eigenvalue weighted by Gasteiger charge is 2.32. The molecule has 0 fully saturated rings. The zero-order chi connectivity index (χ0) is 10.9. The lowest BCUT2D eigenvalue weighted by Gasteiger charge is -2.12. The lowest BCUT2D eigenvalue weighted by Crippen LogP contribution is -2.18. The zero-order valence-electron chi connectivity index (χ0n) is 6.53. The highest BCUT2D eigenvalue weighted by molar-refractivity contribution is 14.1. The van der Waals surface area contributed by atoms with E-state index < -0.39 is 6.36 Å². The molecule has 0 amide bonds. The standard InChI is InChI=1S/C7H4BrF3INO/c8-3-1-4(13)6(12)5(2-3)14-7(9,10)11/h1-2H,13H2. The van der Waals surface area contributed by atoms with Crippen LogP contribution in [0.5, 0.6) is 5.75 Å². The first-order chi connectivity index (χ1) is 6.29. The first kappa shape index (κ1) is 11.9. The van der Waals surface area contributed by atoms with Gasteiger partial charge in [-0.15, -0.1) is 13.2 Å². The Morgan fingerprint density at radius 1 is 1.36 bits per heavy atom. The first-order valence-electron chi connectivity index (χ1n) is 3.30. The van der Waals surface area contributed by atoms with Crippen molar-refractivity contribution in [3.8, 4) is 5.75 Å². The topological polar surface area (TPSA) is 35.2 Å². The number of benzene rings is 1. The van der Waals surface area contributed by atoms with Crippen molar-refractivity contribution in [1.82, 2.24) is 0 Å². The summed E-state index contributed by atoms with van der Waals surface area (Å²) < 4.78 is 40.2. The second-order valence-corrected chi connectivity index (χ2v) is 4.35. The van der Waals surface area contributed by atoms with E-state index >= 15 is 0 Å². The first-order valence-corrected chi connectivity index (χ1v) is 5.17. The van der Waals surface area contributed by atoms with Gasteiger partial charge in [-0.3, -0.25) is 0 Å². The Hall–Kier alpha value is -0.180. The van der Waals surface area contributed by atoms with Crippen LogP contribution < -0.4 is 10.5 Å². The van der Waals surface area contributed by atoms with E-state index in [1.54, 1.807) is 22.6 Å². The summed E-state index contributed by atoms with van der Waals surface area (Å²) in [4.78, 5) is 0. The number of hydrogen-bond acceptors (Lipinski definition) is 2. The molecule has 0 radical (unpaired) electrons. The number of alkyl halides is 3. The molecular formula is C7H4BrF3INO. The van der Waals surface area contributed by atoms with Crippen LogP contribution in [0.1, 0.15) is 0 Å². The van der Waals surface area contributed by atoms with Crippen LogP contribution in [0, 0.1) is 3.57 Å². The molecule has 0 aliphatic rings. The van der Waals surface area contributed by atoms with Crippen LogP contribution in [0.25, 0.3) is 0 Å². The maximum absolute atomic E-state index is 11.9. The van der Waals surface area contributed by atoms with Gasteiger partial charge in [-0.25, -0.2) is 0 Å². The molecule has 1 rings (SSSR count). The Bertz CT molecular complexity index is 356. The minimum absolute atomic E-state index is 0.235. The predicted octanol–water partition coefficient (Wildman–Crippen LogP) is 3.53. The van der Waals surface area contributed by atoms with Crippen molar-refractivity contribution in [3.63, 3.8) is 0 Å². The zero-order valence-corrected chi connectivity index (χ0v) is 10.3. The molecule has 0 aliphatic heterocycles. The van der Waals surface area contributed by atoms with Crippen LogP contribution in [-0.4, -0.2) is 6.36 Å². The van der Waals surface area contributed by atoms with E-state index in [2.05, 4.69) is 20.7 Å². The minimum atomic E-state index is -4.70. The lowest BCUT2D eigenvalue weighted by atomic mass is 10.3. The molecule has 0 bridgehead atoms. The van der Waals surface area contributed by atoms with Crippen LogP contribution in [0.15, 0.2) is 16.6 Å². The Labute approximate surface area is 99.9 Å². The number of rotatable bonds is 1. The summed E-state index contributed by atoms with van der Waals surface area (Å²) in [5.74, 6) is -0.301. The van der Waals surface area contributed by atoms with Gasteiger partial charge in [-0.1, -0.05) is 15.9 Å². The monoisotopic (exact) mass is 381 g/mol. The van der Waals surface area contributed by atoms with Gasteiger partial charge >= 0.3 is 6.36 Å². The fourth-order valence-electron chi connectivity index (χ4n) is 0.783. The van der Waals surface area contributed by atoms with E-state index in [1.807, 2.05) is 0 Å². The summed E-state index contributed by atoms with van der Waals surface area (Å²) in [5.41, 5.74) is 5.69. The van der Waals surface area contributed by atoms with E-state index in [4.69, 9.17) is 5.73 Å². The maximum Gasteiger partial charge on any atom is 0.573 e. The maximum atomic E-state index is 11.9. The van der Waals surface area contributed by atoms with Crippen molar-refractivity contribution in [2.45, 2.75) is 6.36 Å². The quantitative estimate of drug-likeness (QED) is 0.596. The molecule has 78 valence electrons. The normalized spacial score (nSPS) is 11.5. The van der Waals surface area contributed by atoms with Crippen LogP contribution in [-0.2, 0) is 0 Å². The second-order valence-electron chi connectivity index (χ2n) is 2.35. The van der Waals surface area contributed by atoms with Crippen LogP contribution in [0.2, 0.25) is 0 Å². The number of nitrogens with two attached hydrogens (primary N) is 1. The molecule has 0 saturated heterocycles. The summed E-state index contributed by atoms with van der Waals surface area (Å²) in [6.07, 6.45) is -4.70. The summed E-state index contributed by atoms with van der Waals surface area (Å²) in [6, 6.07) is 2.72. The molecule has 0 spiro atoms. The molecule has 14 heavy (non-hydrogen) atoms. The number of halogens is 5. The summed E-state index contributed by atoms with van der Waals surface area (Å²) in [5, 5.41) is 0. The highest BCUT2D eigenvalue weighted by atomic mass is 127. The Morgan fingerprint density at radius 2 is 1.93 bits per heavy atom. The van der Waals surface area contributed by atoms with Crippen molar-refractivity contribution in [2.75, 3.05) is 5.73 Å². The third-order valence-corrected chi connectivity index (χ3v) is 2.87. The summed E-state index contributed by atoms with van der Waals surface area (Å²) in [6.45, 7) is 0. The molecular weight excluding hydrogens is 378 g/mol. The summed E-state index contributed by atoms with van der Waals surface area (Å²) in [7, 11) is 0. The number of hydrogen-bond donors (Lipinski definition) is 1. The molecule has 1 aromatic carbocycles. The molecule has 1 aromatic rings. The van der Waals surface area contributed by atoms with Crippen molar-refractivity contribution < 1.29 is 17.9 Å². The Kier molecular flexibility index (Phi) is 3.51. The van der Waals surface area contributed by atoms with E-state index in [0.717, 1.165) is 0 Å². The molecule has 0 atom stereocenters. The van der Waals surface area contributed by atoms with Gasteiger partial charge in [0.05, 0.1) is 3.57 Å². The van der Waals surface area contributed by atoms with E-state index in [9.17, 15) is 13.2 Å². The second kappa shape index (κ2) is 4.13. The van der Waals surface area contributed by atoms with Crippen LogP contribution in [0.4, 0.5) is 18.9 Å². The molecule has 2 nitrogen and oxygen atoms in total. The van der Waals surface area contributed by atoms with Gasteiger partial charge in [0, 0.05) is 10.2 Å². The largest absolute Gasteiger partial charge is 0.573 e. The lowest BCUT2D eigenvalue weighted by molar-refractivity contribution is -0.274. The van der Waals surface area contributed by atoms with Crippen molar-refractivity contribution >= 4 is 44.2 Å². The SMILES string of the molecule is Nc1cc(Br)cc(OC(F)(F)F)c1I. The van der Waals surface area contributed by atoms with Gasteiger partial charge in [0.15, 0.2) is 0 Å². The Morgan fingerprint density at radius 3 is 2.43 bits per heavy atom. The minimum Gasteiger partial charge on any atom is -0.405 e. The van der Waals surface area contributed by atoms with E-state index in [-0.39, 0.29) is 15.0 Å². The molecule has 0 aromatic heterocycles. The van der Waals surface area contributed by atoms with Crippen molar-refractivity contribution in [2.24, 2.45) is 0 Å².